The van der Waals surface area contributed by atoms with E-state index in [1.807, 2.05) is 0 Å². The Kier molecular flexibility index (Phi) is 6.54. The normalized spacial score (nSPS) is 13.6. The predicted octanol–water partition coefficient (Wildman–Crippen LogP) is 4.29. The molecule has 1 unspecified atom stereocenters. The summed E-state index contributed by atoms with van der Waals surface area (Å²) in [6.07, 6.45) is 2.39. The summed E-state index contributed by atoms with van der Waals surface area (Å²) < 4.78 is 5.22. The summed E-state index contributed by atoms with van der Waals surface area (Å²) in [5.74, 6) is 2.35. The fraction of sp³-hybridized carbons (Fsp3) is 0.667. The molecule has 0 heterocycles. The summed E-state index contributed by atoms with van der Waals surface area (Å²) in [5, 5.41) is 3.65. The third kappa shape index (κ3) is 6.95. The molecule has 0 bridgehead atoms. The van der Waals surface area contributed by atoms with Crippen LogP contribution in [0.15, 0.2) is 24.3 Å². The van der Waals surface area contributed by atoms with E-state index in [0.717, 1.165) is 24.6 Å². The lowest BCUT2D eigenvalue weighted by molar-refractivity contribution is 0.331. The molecule has 0 aliphatic heterocycles. The molecule has 1 aromatic carbocycles. The first kappa shape index (κ1) is 17.0. The average molecular weight is 277 g/mol. The van der Waals surface area contributed by atoms with Crippen molar-refractivity contribution in [3.05, 3.63) is 29.8 Å². The summed E-state index contributed by atoms with van der Waals surface area (Å²) in [4.78, 5) is 0. The summed E-state index contributed by atoms with van der Waals surface area (Å²) in [7, 11) is 1.71. The second-order valence-corrected chi connectivity index (χ2v) is 7.18. The topological polar surface area (TPSA) is 21.3 Å². The maximum Gasteiger partial charge on any atom is 0.118 e. The maximum atomic E-state index is 5.22. The first-order chi connectivity index (χ1) is 9.30. The van der Waals surface area contributed by atoms with Crippen molar-refractivity contribution in [3.63, 3.8) is 0 Å². The Labute approximate surface area is 124 Å². The zero-order chi connectivity index (χ0) is 15.2. The van der Waals surface area contributed by atoms with E-state index in [9.17, 15) is 0 Å². The molecule has 2 nitrogen and oxygen atoms in total. The number of hydrogen-bond donors (Lipinski definition) is 1. The van der Waals surface area contributed by atoms with E-state index in [0.29, 0.717) is 5.92 Å². The van der Waals surface area contributed by atoms with Crippen LogP contribution < -0.4 is 10.1 Å². The molecule has 0 aliphatic carbocycles. The summed E-state index contributed by atoms with van der Waals surface area (Å²) in [6.45, 7) is 12.4. The van der Waals surface area contributed by atoms with Crippen LogP contribution in [0.25, 0.3) is 0 Å². The standard InChI is InChI=1S/C18H31NO/c1-14(2)11-16(13-19-18(3,4)5)12-15-7-9-17(20-6)10-8-15/h7-10,14,16,19H,11-13H2,1-6H3. The zero-order valence-electron chi connectivity index (χ0n) is 14.0. The maximum absolute atomic E-state index is 5.22. The van der Waals surface area contributed by atoms with Crippen LogP contribution in [0.4, 0.5) is 0 Å². The van der Waals surface area contributed by atoms with Gasteiger partial charge in [-0.3, -0.25) is 0 Å². The minimum Gasteiger partial charge on any atom is -0.497 e. The number of ether oxygens (including phenoxy) is 1. The van der Waals surface area contributed by atoms with E-state index in [-0.39, 0.29) is 5.54 Å². The molecule has 0 amide bonds. The van der Waals surface area contributed by atoms with Gasteiger partial charge in [-0.05, 0) is 69.7 Å². The van der Waals surface area contributed by atoms with E-state index in [2.05, 4.69) is 64.2 Å². The molecular formula is C18H31NO. The van der Waals surface area contributed by atoms with Crippen molar-refractivity contribution in [2.75, 3.05) is 13.7 Å². The van der Waals surface area contributed by atoms with Gasteiger partial charge in [0.15, 0.2) is 0 Å². The third-order valence-corrected chi connectivity index (χ3v) is 3.41. The molecule has 0 saturated heterocycles. The lowest BCUT2D eigenvalue weighted by Gasteiger charge is -2.26. The Morgan fingerprint density at radius 2 is 1.70 bits per heavy atom. The van der Waals surface area contributed by atoms with Gasteiger partial charge in [0.25, 0.3) is 0 Å². The number of nitrogens with one attached hydrogen (secondary N) is 1. The third-order valence-electron chi connectivity index (χ3n) is 3.41. The van der Waals surface area contributed by atoms with E-state index >= 15 is 0 Å². The Balaban J connectivity index is 2.62. The Bertz CT molecular complexity index is 375. The fourth-order valence-corrected chi connectivity index (χ4v) is 2.45. The van der Waals surface area contributed by atoms with Crippen molar-refractivity contribution in [1.29, 1.82) is 0 Å². The highest BCUT2D eigenvalue weighted by Gasteiger charge is 2.16. The van der Waals surface area contributed by atoms with Gasteiger partial charge in [-0.2, -0.15) is 0 Å². The van der Waals surface area contributed by atoms with Crippen LogP contribution in [-0.2, 0) is 6.42 Å². The molecular weight excluding hydrogens is 246 g/mol. The zero-order valence-corrected chi connectivity index (χ0v) is 14.0. The summed E-state index contributed by atoms with van der Waals surface area (Å²) in [6, 6.07) is 8.48. The fourth-order valence-electron chi connectivity index (χ4n) is 2.45. The number of methoxy groups -OCH3 is 1. The quantitative estimate of drug-likeness (QED) is 0.803. The first-order valence-corrected chi connectivity index (χ1v) is 7.68. The van der Waals surface area contributed by atoms with Crippen LogP contribution >= 0.6 is 0 Å². The van der Waals surface area contributed by atoms with E-state index in [1.54, 1.807) is 7.11 Å². The first-order valence-electron chi connectivity index (χ1n) is 7.68. The van der Waals surface area contributed by atoms with Gasteiger partial charge >= 0.3 is 0 Å². The number of hydrogen-bond acceptors (Lipinski definition) is 2. The highest BCUT2D eigenvalue weighted by Crippen LogP contribution is 2.20. The van der Waals surface area contributed by atoms with E-state index in [1.165, 1.54) is 12.0 Å². The highest BCUT2D eigenvalue weighted by molar-refractivity contribution is 5.27. The van der Waals surface area contributed by atoms with Crippen molar-refractivity contribution >= 4 is 0 Å². The Morgan fingerprint density at radius 1 is 1.10 bits per heavy atom. The molecule has 0 spiro atoms. The lowest BCUT2D eigenvalue weighted by Crippen LogP contribution is -2.39. The minimum atomic E-state index is 0.190. The van der Waals surface area contributed by atoms with Gasteiger partial charge in [0.2, 0.25) is 0 Å². The van der Waals surface area contributed by atoms with Crippen molar-refractivity contribution in [2.45, 2.75) is 53.0 Å². The van der Waals surface area contributed by atoms with Crippen LogP contribution in [0.5, 0.6) is 5.75 Å². The average Bonchev–Trinajstić information content (AvgIpc) is 2.35. The number of rotatable bonds is 7. The molecule has 2 heteroatoms. The second kappa shape index (κ2) is 7.68. The van der Waals surface area contributed by atoms with Crippen LogP contribution in [0.1, 0.15) is 46.6 Å². The summed E-state index contributed by atoms with van der Waals surface area (Å²) in [5.41, 5.74) is 1.59. The molecule has 1 atom stereocenters. The van der Waals surface area contributed by atoms with Gasteiger partial charge in [-0.15, -0.1) is 0 Å². The molecule has 0 aliphatic rings. The van der Waals surface area contributed by atoms with Crippen molar-refractivity contribution in [1.82, 2.24) is 5.32 Å². The predicted molar refractivity (Wildman–Crippen MR) is 87.4 cm³/mol. The van der Waals surface area contributed by atoms with E-state index in [4.69, 9.17) is 4.74 Å². The van der Waals surface area contributed by atoms with Crippen molar-refractivity contribution in [2.24, 2.45) is 11.8 Å². The van der Waals surface area contributed by atoms with Crippen molar-refractivity contribution < 1.29 is 4.74 Å². The molecule has 20 heavy (non-hydrogen) atoms. The molecule has 114 valence electrons. The number of benzene rings is 1. The van der Waals surface area contributed by atoms with Gasteiger partial charge in [0.05, 0.1) is 7.11 Å². The SMILES string of the molecule is COc1ccc(CC(CNC(C)(C)C)CC(C)C)cc1. The second-order valence-electron chi connectivity index (χ2n) is 7.18. The van der Waals surface area contributed by atoms with Gasteiger partial charge in [-0.1, -0.05) is 26.0 Å². The van der Waals surface area contributed by atoms with Gasteiger partial charge in [0, 0.05) is 5.54 Å². The molecule has 1 N–H and O–H groups in total. The van der Waals surface area contributed by atoms with Crippen molar-refractivity contribution in [3.8, 4) is 5.75 Å². The van der Waals surface area contributed by atoms with Gasteiger partial charge in [-0.25, -0.2) is 0 Å². The van der Waals surface area contributed by atoms with Crippen LogP contribution in [0.2, 0.25) is 0 Å². The molecule has 0 fully saturated rings. The highest BCUT2D eigenvalue weighted by atomic mass is 16.5. The Morgan fingerprint density at radius 3 is 2.15 bits per heavy atom. The molecule has 0 saturated carbocycles. The summed E-state index contributed by atoms with van der Waals surface area (Å²) >= 11 is 0. The molecule has 1 rings (SSSR count). The monoisotopic (exact) mass is 277 g/mol. The van der Waals surface area contributed by atoms with Crippen LogP contribution in [0.3, 0.4) is 0 Å². The Hall–Kier alpha value is -1.02. The van der Waals surface area contributed by atoms with E-state index < -0.39 is 0 Å². The van der Waals surface area contributed by atoms with Crippen LogP contribution in [0, 0.1) is 11.8 Å². The van der Waals surface area contributed by atoms with Gasteiger partial charge < -0.3 is 10.1 Å². The van der Waals surface area contributed by atoms with Gasteiger partial charge in [0.1, 0.15) is 5.75 Å². The van der Waals surface area contributed by atoms with Crippen LogP contribution in [-0.4, -0.2) is 19.2 Å². The smallest absolute Gasteiger partial charge is 0.118 e. The molecule has 0 radical (unpaired) electrons. The lowest BCUT2D eigenvalue weighted by atomic mass is 9.90. The molecule has 0 aromatic heterocycles. The minimum absolute atomic E-state index is 0.190. The molecule has 1 aromatic rings. The largest absolute Gasteiger partial charge is 0.497 e.